The second kappa shape index (κ2) is 8.10. The average Bonchev–Trinajstić information content (AvgIpc) is 2.59. The van der Waals surface area contributed by atoms with Crippen LogP contribution in [-0.4, -0.2) is 22.6 Å². The zero-order valence-electron chi connectivity index (χ0n) is 14.4. The van der Waals surface area contributed by atoms with Crippen LogP contribution in [0, 0.1) is 5.92 Å². The van der Waals surface area contributed by atoms with E-state index in [9.17, 15) is 14.7 Å². The zero-order valence-corrected chi connectivity index (χ0v) is 14.4. The Labute approximate surface area is 146 Å². The summed E-state index contributed by atoms with van der Waals surface area (Å²) in [7, 11) is 0. The van der Waals surface area contributed by atoms with Gasteiger partial charge in [-0.15, -0.1) is 0 Å². The molecule has 2 amide bonds. The van der Waals surface area contributed by atoms with E-state index >= 15 is 0 Å². The van der Waals surface area contributed by atoms with Gasteiger partial charge in [-0.1, -0.05) is 26.0 Å². The molecule has 0 aliphatic rings. The Morgan fingerprint density at radius 3 is 2.32 bits per heavy atom. The summed E-state index contributed by atoms with van der Waals surface area (Å²) in [6, 6.07) is 13.2. The van der Waals surface area contributed by atoms with E-state index in [-0.39, 0.29) is 23.5 Å². The lowest BCUT2D eigenvalue weighted by molar-refractivity contribution is -0.118. The maximum atomic E-state index is 12.1. The zero-order chi connectivity index (χ0) is 18.4. The van der Waals surface area contributed by atoms with Gasteiger partial charge < -0.3 is 10.4 Å². The van der Waals surface area contributed by atoms with Crippen LogP contribution < -0.4 is 10.7 Å². The van der Waals surface area contributed by atoms with Gasteiger partial charge in [0.25, 0.3) is 5.91 Å². The van der Waals surface area contributed by atoms with Crippen molar-refractivity contribution in [3.05, 3.63) is 59.7 Å². The highest BCUT2D eigenvalue weighted by Gasteiger charge is 2.09. The molecule has 0 radical (unpaired) electrons. The van der Waals surface area contributed by atoms with Crippen LogP contribution in [0.2, 0.25) is 0 Å². The first-order valence-corrected chi connectivity index (χ1v) is 7.92. The fourth-order valence-corrected chi connectivity index (χ4v) is 1.99. The van der Waals surface area contributed by atoms with E-state index in [1.807, 2.05) is 13.8 Å². The quantitative estimate of drug-likeness (QED) is 0.577. The van der Waals surface area contributed by atoms with Crippen molar-refractivity contribution in [3.8, 4) is 5.75 Å². The van der Waals surface area contributed by atoms with E-state index in [0.29, 0.717) is 22.5 Å². The molecular weight excluding hydrogens is 318 g/mol. The van der Waals surface area contributed by atoms with Crippen molar-refractivity contribution in [2.45, 2.75) is 20.8 Å². The molecule has 0 saturated carbocycles. The van der Waals surface area contributed by atoms with Crippen molar-refractivity contribution >= 4 is 23.2 Å². The molecule has 0 bridgehead atoms. The summed E-state index contributed by atoms with van der Waals surface area (Å²) >= 11 is 0. The number of phenols is 1. The van der Waals surface area contributed by atoms with E-state index in [1.165, 1.54) is 0 Å². The molecule has 2 aromatic rings. The Balaban J connectivity index is 2.01. The minimum Gasteiger partial charge on any atom is -0.508 e. The maximum absolute atomic E-state index is 12.1. The fourth-order valence-electron chi connectivity index (χ4n) is 1.99. The monoisotopic (exact) mass is 339 g/mol. The van der Waals surface area contributed by atoms with Crippen LogP contribution in [0.5, 0.6) is 5.75 Å². The normalized spacial score (nSPS) is 11.3. The van der Waals surface area contributed by atoms with Gasteiger partial charge in [-0.3, -0.25) is 9.59 Å². The number of phenolic OH excluding ortho intramolecular Hbond substituents is 1. The molecule has 0 aliphatic carbocycles. The average molecular weight is 339 g/mol. The highest BCUT2D eigenvalue weighted by Crippen LogP contribution is 2.12. The summed E-state index contributed by atoms with van der Waals surface area (Å²) < 4.78 is 0. The van der Waals surface area contributed by atoms with E-state index in [0.717, 1.165) is 0 Å². The van der Waals surface area contributed by atoms with Gasteiger partial charge in [0.05, 0.1) is 5.71 Å². The Morgan fingerprint density at radius 2 is 1.72 bits per heavy atom. The molecule has 6 heteroatoms. The van der Waals surface area contributed by atoms with E-state index in [2.05, 4.69) is 15.8 Å². The molecule has 0 fully saturated rings. The SMILES string of the molecule is C/C(=N/NC(=O)c1ccc(NC(=O)C(C)C)cc1)c1cccc(O)c1. The molecule has 0 aliphatic heterocycles. The molecule has 0 saturated heterocycles. The van der Waals surface area contributed by atoms with Crippen LogP contribution in [0.3, 0.4) is 0 Å². The maximum Gasteiger partial charge on any atom is 0.271 e. The number of anilines is 1. The Bertz CT molecular complexity index is 796. The molecule has 2 rings (SSSR count). The van der Waals surface area contributed by atoms with Crippen molar-refractivity contribution in [3.63, 3.8) is 0 Å². The number of carbonyl (C=O) groups excluding carboxylic acids is 2. The molecule has 0 aromatic heterocycles. The molecular formula is C19H21N3O3. The molecule has 6 nitrogen and oxygen atoms in total. The van der Waals surface area contributed by atoms with Crippen LogP contribution in [0.15, 0.2) is 53.6 Å². The van der Waals surface area contributed by atoms with Crippen molar-refractivity contribution in [1.82, 2.24) is 5.43 Å². The predicted molar refractivity (Wildman–Crippen MR) is 97.7 cm³/mol. The minimum absolute atomic E-state index is 0.0801. The first kappa shape index (κ1) is 18.2. The van der Waals surface area contributed by atoms with E-state index in [4.69, 9.17) is 0 Å². The molecule has 0 atom stereocenters. The second-order valence-electron chi connectivity index (χ2n) is 5.91. The number of amides is 2. The number of hydrogen-bond donors (Lipinski definition) is 3. The Kier molecular flexibility index (Phi) is 5.89. The predicted octanol–water partition coefficient (Wildman–Crippen LogP) is 3.14. The van der Waals surface area contributed by atoms with Crippen molar-refractivity contribution in [2.75, 3.05) is 5.32 Å². The summed E-state index contributed by atoms with van der Waals surface area (Å²) in [5, 5.41) is 16.3. The number of rotatable bonds is 5. The number of nitrogens with zero attached hydrogens (tertiary/aromatic N) is 1. The Morgan fingerprint density at radius 1 is 1.04 bits per heavy atom. The lowest BCUT2D eigenvalue weighted by Gasteiger charge is -2.08. The molecule has 0 spiro atoms. The standard InChI is InChI=1S/C19H21N3O3/c1-12(2)18(24)20-16-9-7-14(8-10-16)19(25)22-21-13(3)15-5-4-6-17(23)11-15/h4-12,23H,1-3H3,(H,20,24)(H,22,25)/b21-13-. The van der Waals surface area contributed by atoms with Gasteiger partial charge in [0.2, 0.25) is 5.91 Å². The van der Waals surface area contributed by atoms with E-state index in [1.54, 1.807) is 55.5 Å². The molecule has 0 heterocycles. The van der Waals surface area contributed by atoms with Gasteiger partial charge in [-0.05, 0) is 43.3 Å². The molecule has 130 valence electrons. The fraction of sp³-hybridized carbons (Fsp3) is 0.211. The largest absolute Gasteiger partial charge is 0.508 e. The first-order chi connectivity index (χ1) is 11.9. The van der Waals surface area contributed by atoms with Crippen LogP contribution in [0.25, 0.3) is 0 Å². The summed E-state index contributed by atoms with van der Waals surface area (Å²) in [4.78, 5) is 23.8. The first-order valence-electron chi connectivity index (χ1n) is 7.92. The number of hydrazone groups is 1. The lowest BCUT2D eigenvalue weighted by Crippen LogP contribution is -2.20. The second-order valence-corrected chi connectivity index (χ2v) is 5.91. The van der Waals surface area contributed by atoms with Gasteiger partial charge >= 0.3 is 0 Å². The van der Waals surface area contributed by atoms with Crippen molar-refractivity contribution in [1.29, 1.82) is 0 Å². The lowest BCUT2D eigenvalue weighted by atomic mass is 10.1. The minimum atomic E-state index is -0.360. The summed E-state index contributed by atoms with van der Waals surface area (Å²) in [6.45, 7) is 5.35. The van der Waals surface area contributed by atoms with Crippen molar-refractivity contribution < 1.29 is 14.7 Å². The highest BCUT2D eigenvalue weighted by atomic mass is 16.3. The van der Waals surface area contributed by atoms with Crippen LogP contribution in [-0.2, 0) is 4.79 Å². The summed E-state index contributed by atoms with van der Waals surface area (Å²) in [6.07, 6.45) is 0. The Hall–Kier alpha value is -3.15. The molecule has 0 unspecified atom stereocenters. The number of carbonyl (C=O) groups is 2. The number of aromatic hydroxyl groups is 1. The molecule has 3 N–H and O–H groups in total. The van der Waals surface area contributed by atoms with Crippen molar-refractivity contribution in [2.24, 2.45) is 11.0 Å². The smallest absolute Gasteiger partial charge is 0.271 e. The van der Waals surface area contributed by atoms with Crippen LogP contribution >= 0.6 is 0 Å². The number of benzene rings is 2. The van der Waals surface area contributed by atoms with Gasteiger partial charge in [0, 0.05) is 22.7 Å². The molecule has 25 heavy (non-hydrogen) atoms. The summed E-state index contributed by atoms with van der Waals surface area (Å²) in [5.74, 6) is -0.417. The summed E-state index contributed by atoms with van der Waals surface area (Å²) in [5.41, 5.74) is 4.82. The topological polar surface area (TPSA) is 90.8 Å². The molecule has 2 aromatic carbocycles. The van der Waals surface area contributed by atoms with Gasteiger partial charge in [0.1, 0.15) is 5.75 Å². The number of nitrogens with one attached hydrogen (secondary N) is 2. The van der Waals surface area contributed by atoms with Gasteiger partial charge in [0.15, 0.2) is 0 Å². The van der Waals surface area contributed by atoms with Crippen LogP contribution in [0.1, 0.15) is 36.7 Å². The van der Waals surface area contributed by atoms with Gasteiger partial charge in [-0.25, -0.2) is 5.43 Å². The van der Waals surface area contributed by atoms with Gasteiger partial charge in [-0.2, -0.15) is 5.10 Å². The highest BCUT2D eigenvalue weighted by molar-refractivity contribution is 6.01. The number of hydrogen-bond acceptors (Lipinski definition) is 4. The third kappa shape index (κ3) is 5.17. The van der Waals surface area contributed by atoms with Crippen LogP contribution in [0.4, 0.5) is 5.69 Å². The third-order valence-electron chi connectivity index (χ3n) is 3.53. The third-order valence-corrected chi connectivity index (χ3v) is 3.53. The van der Waals surface area contributed by atoms with E-state index < -0.39 is 0 Å².